The summed E-state index contributed by atoms with van der Waals surface area (Å²) in [5.74, 6) is 0.209. The molecule has 6 rings (SSSR count). The van der Waals surface area contributed by atoms with Crippen molar-refractivity contribution in [2.75, 3.05) is 42.5 Å². The summed E-state index contributed by atoms with van der Waals surface area (Å²) in [5.41, 5.74) is 6.35. The molecule has 2 aromatic carbocycles. The minimum absolute atomic E-state index is 0.209. The number of hydrogen-bond donors (Lipinski definition) is 0. The summed E-state index contributed by atoms with van der Waals surface area (Å²) in [4.78, 5) is 27.2. The van der Waals surface area contributed by atoms with E-state index in [0.717, 1.165) is 42.8 Å². The Bertz CT molecular complexity index is 1380. The molecule has 7 heteroatoms. The number of piperazine rings is 1. The first-order valence-electron chi connectivity index (χ1n) is 13.9. The predicted octanol–water partition coefficient (Wildman–Crippen LogP) is 4.54. The Morgan fingerprint density at radius 3 is 2.50 bits per heavy atom. The lowest BCUT2D eigenvalue weighted by atomic mass is 10.0. The third kappa shape index (κ3) is 4.58. The monoisotopic (exact) mass is 508 g/mol. The van der Waals surface area contributed by atoms with Crippen molar-refractivity contribution in [2.45, 2.75) is 58.3 Å². The first-order valence-corrected chi connectivity index (χ1v) is 13.9. The van der Waals surface area contributed by atoms with Crippen LogP contribution in [0.15, 0.2) is 48.7 Å². The molecule has 3 aromatic rings. The molecule has 7 nitrogen and oxygen atoms in total. The molecule has 0 spiro atoms. The molecular formula is C31H36N6O. The van der Waals surface area contributed by atoms with E-state index in [2.05, 4.69) is 57.8 Å². The number of nitriles is 1. The zero-order valence-corrected chi connectivity index (χ0v) is 22.4. The number of fused-ring (bicyclic) bond motifs is 2. The quantitative estimate of drug-likeness (QED) is 0.516. The van der Waals surface area contributed by atoms with E-state index >= 15 is 0 Å². The summed E-state index contributed by atoms with van der Waals surface area (Å²) in [6.07, 6.45) is 5.61. The SMILES string of the molecule is C[C@@H]1CN(c2ccc(C#N)c3ncccc23)C[C@H](C)N1CC(=O)N1Cc2ccc(N3CCCCC3)cc2C1. The van der Waals surface area contributed by atoms with Crippen molar-refractivity contribution in [3.63, 3.8) is 0 Å². The molecule has 38 heavy (non-hydrogen) atoms. The van der Waals surface area contributed by atoms with Crippen molar-refractivity contribution >= 4 is 28.2 Å². The largest absolute Gasteiger partial charge is 0.372 e. The predicted molar refractivity (Wildman–Crippen MR) is 151 cm³/mol. The maximum atomic E-state index is 13.5. The van der Waals surface area contributed by atoms with Crippen LogP contribution in [0.25, 0.3) is 10.9 Å². The van der Waals surface area contributed by atoms with Gasteiger partial charge in [0, 0.05) is 74.3 Å². The number of carbonyl (C=O) groups excluding carboxylic acids is 1. The highest BCUT2D eigenvalue weighted by atomic mass is 16.2. The number of pyridine rings is 1. The normalized spacial score (nSPS) is 22.0. The minimum atomic E-state index is 0.209. The molecule has 3 aliphatic heterocycles. The van der Waals surface area contributed by atoms with E-state index in [0.29, 0.717) is 25.2 Å². The van der Waals surface area contributed by atoms with Gasteiger partial charge in [-0.15, -0.1) is 0 Å². The number of nitrogens with zero attached hydrogens (tertiary/aromatic N) is 6. The smallest absolute Gasteiger partial charge is 0.237 e. The topological polar surface area (TPSA) is 66.7 Å². The molecule has 1 amide bonds. The van der Waals surface area contributed by atoms with Crippen LogP contribution in [0.4, 0.5) is 11.4 Å². The fourth-order valence-electron chi connectivity index (χ4n) is 6.55. The molecule has 196 valence electrons. The van der Waals surface area contributed by atoms with E-state index in [1.807, 2.05) is 29.2 Å². The number of anilines is 2. The van der Waals surface area contributed by atoms with Gasteiger partial charge >= 0.3 is 0 Å². The number of aromatic nitrogens is 1. The lowest BCUT2D eigenvalue weighted by Crippen LogP contribution is -2.58. The molecule has 0 bridgehead atoms. The Hall–Kier alpha value is -3.63. The number of piperidine rings is 1. The van der Waals surface area contributed by atoms with Crippen LogP contribution in [0, 0.1) is 11.3 Å². The third-order valence-electron chi connectivity index (χ3n) is 8.61. The minimum Gasteiger partial charge on any atom is -0.372 e. The van der Waals surface area contributed by atoms with Gasteiger partial charge in [-0.1, -0.05) is 6.07 Å². The molecular weight excluding hydrogens is 472 g/mol. The number of hydrogen-bond acceptors (Lipinski definition) is 6. The summed E-state index contributed by atoms with van der Waals surface area (Å²) in [5, 5.41) is 10.5. The molecule has 2 atom stereocenters. The maximum Gasteiger partial charge on any atom is 0.237 e. The standard InChI is InChI=1S/C31H36N6O/c1-22-17-35(29-11-9-24(16-32)31-28(29)7-6-12-33-31)18-23(2)37(22)21-30(38)36-19-25-8-10-27(15-26(25)20-36)34-13-4-3-5-14-34/h6-12,15,22-23H,3-5,13-14,17-21H2,1-2H3/t22-,23+. The van der Waals surface area contributed by atoms with Crippen LogP contribution in [0.1, 0.15) is 49.8 Å². The lowest BCUT2D eigenvalue weighted by molar-refractivity contribution is -0.134. The van der Waals surface area contributed by atoms with Gasteiger partial charge in [-0.05, 0) is 80.6 Å². The van der Waals surface area contributed by atoms with E-state index in [1.165, 1.54) is 36.1 Å². The molecule has 0 saturated carbocycles. The Labute approximate surface area is 225 Å². The van der Waals surface area contributed by atoms with Gasteiger partial charge in [0.25, 0.3) is 0 Å². The molecule has 1 aromatic heterocycles. The average Bonchev–Trinajstić information content (AvgIpc) is 3.38. The Morgan fingerprint density at radius 2 is 1.74 bits per heavy atom. The molecule has 4 heterocycles. The zero-order valence-electron chi connectivity index (χ0n) is 22.4. The van der Waals surface area contributed by atoms with Crippen LogP contribution < -0.4 is 9.80 Å². The lowest BCUT2D eigenvalue weighted by Gasteiger charge is -2.45. The molecule has 2 saturated heterocycles. The van der Waals surface area contributed by atoms with Crippen molar-refractivity contribution in [1.82, 2.24) is 14.8 Å². The van der Waals surface area contributed by atoms with Gasteiger partial charge in [-0.3, -0.25) is 14.7 Å². The van der Waals surface area contributed by atoms with Crippen LogP contribution in [0.3, 0.4) is 0 Å². The van der Waals surface area contributed by atoms with Gasteiger partial charge < -0.3 is 14.7 Å². The van der Waals surface area contributed by atoms with E-state index in [9.17, 15) is 10.1 Å². The van der Waals surface area contributed by atoms with Gasteiger partial charge in [-0.2, -0.15) is 5.26 Å². The first-order chi connectivity index (χ1) is 18.5. The number of carbonyl (C=O) groups is 1. The van der Waals surface area contributed by atoms with Crippen LogP contribution in [-0.4, -0.2) is 65.5 Å². The van der Waals surface area contributed by atoms with Crippen molar-refractivity contribution < 1.29 is 4.79 Å². The second-order valence-corrected chi connectivity index (χ2v) is 11.2. The summed E-state index contributed by atoms with van der Waals surface area (Å²) in [6.45, 7) is 10.2. The third-order valence-corrected chi connectivity index (χ3v) is 8.61. The van der Waals surface area contributed by atoms with Crippen molar-refractivity contribution in [3.05, 3.63) is 65.4 Å². The fraction of sp³-hybridized carbons (Fsp3) is 0.452. The van der Waals surface area contributed by atoms with Crippen LogP contribution in [0.2, 0.25) is 0 Å². The summed E-state index contributed by atoms with van der Waals surface area (Å²) < 4.78 is 0. The Kier molecular flexibility index (Phi) is 6.67. The Morgan fingerprint density at radius 1 is 0.974 bits per heavy atom. The zero-order chi connectivity index (χ0) is 26.2. The highest BCUT2D eigenvalue weighted by Gasteiger charge is 2.34. The maximum absolute atomic E-state index is 13.5. The molecule has 2 fully saturated rings. The van der Waals surface area contributed by atoms with Crippen molar-refractivity contribution in [3.8, 4) is 6.07 Å². The first kappa shape index (κ1) is 24.7. The second kappa shape index (κ2) is 10.3. The van der Waals surface area contributed by atoms with E-state index in [4.69, 9.17) is 0 Å². The van der Waals surface area contributed by atoms with Crippen LogP contribution in [0.5, 0.6) is 0 Å². The summed E-state index contributed by atoms with van der Waals surface area (Å²) >= 11 is 0. The molecule has 0 radical (unpaired) electrons. The molecule has 0 aliphatic carbocycles. The van der Waals surface area contributed by atoms with E-state index in [-0.39, 0.29) is 18.0 Å². The fourth-order valence-corrected chi connectivity index (χ4v) is 6.55. The second-order valence-electron chi connectivity index (χ2n) is 11.2. The summed E-state index contributed by atoms with van der Waals surface area (Å²) in [7, 11) is 0. The van der Waals surface area contributed by atoms with E-state index < -0.39 is 0 Å². The molecule has 0 unspecified atom stereocenters. The van der Waals surface area contributed by atoms with Crippen molar-refractivity contribution in [2.24, 2.45) is 0 Å². The molecule has 3 aliphatic rings. The van der Waals surface area contributed by atoms with Gasteiger partial charge in [0.1, 0.15) is 6.07 Å². The number of rotatable bonds is 4. The van der Waals surface area contributed by atoms with Crippen LogP contribution in [-0.2, 0) is 17.9 Å². The van der Waals surface area contributed by atoms with Gasteiger partial charge in [0.15, 0.2) is 0 Å². The highest BCUT2D eigenvalue weighted by molar-refractivity contribution is 5.95. The number of amides is 1. The van der Waals surface area contributed by atoms with Gasteiger partial charge in [0.05, 0.1) is 17.6 Å². The van der Waals surface area contributed by atoms with Gasteiger partial charge in [-0.25, -0.2) is 0 Å². The molecule has 0 N–H and O–H groups in total. The Balaban J connectivity index is 1.12. The van der Waals surface area contributed by atoms with Crippen molar-refractivity contribution in [1.29, 1.82) is 5.26 Å². The highest BCUT2D eigenvalue weighted by Crippen LogP contribution is 2.32. The number of benzene rings is 2. The van der Waals surface area contributed by atoms with E-state index in [1.54, 1.807) is 6.20 Å². The van der Waals surface area contributed by atoms with Crippen LogP contribution >= 0.6 is 0 Å². The summed E-state index contributed by atoms with van der Waals surface area (Å²) in [6, 6.07) is 17.4. The average molecular weight is 509 g/mol. The van der Waals surface area contributed by atoms with Gasteiger partial charge in [0.2, 0.25) is 5.91 Å².